The highest BCUT2D eigenvalue weighted by Gasteiger charge is 2.15. The maximum absolute atomic E-state index is 12.1. The van der Waals surface area contributed by atoms with Gasteiger partial charge < -0.3 is 23.6 Å². The van der Waals surface area contributed by atoms with Gasteiger partial charge in [0.2, 0.25) is 0 Å². The summed E-state index contributed by atoms with van der Waals surface area (Å²) in [5.41, 5.74) is 0.454. The van der Waals surface area contributed by atoms with E-state index in [9.17, 15) is 4.79 Å². The minimum absolute atomic E-state index is 0.0764. The smallest absolute Gasteiger partial charge is 0.327 e. The monoisotopic (exact) mass is 408 g/mol. The van der Waals surface area contributed by atoms with E-state index in [1.54, 1.807) is 37.4 Å². The normalized spacial score (nSPS) is 10.4. The lowest BCUT2D eigenvalue weighted by atomic mass is 10.2. The number of ether oxygens (including phenoxy) is 2. The van der Waals surface area contributed by atoms with Gasteiger partial charge in [-0.25, -0.2) is 4.79 Å². The molecule has 3 rings (SSSR count). The Morgan fingerprint density at radius 3 is 2.60 bits per heavy atom. The highest BCUT2D eigenvalue weighted by atomic mass is 79.9. The fraction of sp³-hybridized carbons (Fsp3) is 0.133. The van der Waals surface area contributed by atoms with Crippen molar-refractivity contribution in [1.29, 1.82) is 0 Å². The maximum atomic E-state index is 12.1. The summed E-state index contributed by atoms with van der Waals surface area (Å²) in [6, 6.07) is 7.69. The number of urea groups is 1. The van der Waals surface area contributed by atoms with Crippen molar-refractivity contribution in [3.8, 4) is 23.1 Å². The van der Waals surface area contributed by atoms with Crippen molar-refractivity contribution in [3.05, 3.63) is 35.0 Å². The number of benzene rings is 1. The number of hydrogen-bond acceptors (Lipinski definition) is 7. The molecular formula is C15H13BrN4O5. The molecule has 25 heavy (non-hydrogen) atoms. The van der Waals surface area contributed by atoms with E-state index in [1.165, 1.54) is 7.11 Å². The first-order valence-corrected chi connectivity index (χ1v) is 7.77. The zero-order valence-electron chi connectivity index (χ0n) is 13.2. The van der Waals surface area contributed by atoms with Crippen molar-refractivity contribution in [2.75, 3.05) is 24.9 Å². The minimum atomic E-state index is -0.570. The van der Waals surface area contributed by atoms with Gasteiger partial charge in [0.1, 0.15) is 11.5 Å². The molecule has 0 aliphatic heterocycles. The first kappa shape index (κ1) is 16.8. The second-order valence-corrected chi connectivity index (χ2v) is 5.44. The van der Waals surface area contributed by atoms with Crippen molar-refractivity contribution in [2.45, 2.75) is 0 Å². The van der Waals surface area contributed by atoms with E-state index in [-0.39, 0.29) is 11.9 Å². The summed E-state index contributed by atoms with van der Waals surface area (Å²) in [4.78, 5) is 12.1. The number of methoxy groups -OCH3 is 2. The summed E-state index contributed by atoms with van der Waals surface area (Å²) in [5, 5.41) is 12.6. The molecule has 3 aromatic rings. The number of amides is 2. The Hall–Kier alpha value is -3.01. The van der Waals surface area contributed by atoms with Crippen LogP contribution >= 0.6 is 15.9 Å². The zero-order valence-corrected chi connectivity index (χ0v) is 14.8. The third-order valence-electron chi connectivity index (χ3n) is 3.09. The van der Waals surface area contributed by atoms with E-state index in [4.69, 9.17) is 18.3 Å². The Bertz CT molecular complexity index is 892. The predicted octanol–water partition coefficient (Wildman–Crippen LogP) is 3.75. The van der Waals surface area contributed by atoms with Gasteiger partial charge in [-0.2, -0.15) is 0 Å². The summed E-state index contributed by atoms with van der Waals surface area (Å²) in [7, 11) is 3.03. The average Bonchev–Trinajstić information content (AvgIpc) is 3.24. The standard InChI is InChI=1S/C15H13BrN4O5/c1-22-8-3-4-9(11(7-8)23-2)17-14(21)18-15-20-19-13(25-15)10-5-6-12(16)24-10/h3-7H,1-2H3,(H2,17,18,20,21). The third-order valence-corrected chi connectivity index (χ3v) is 3.51. The average molecular weight is 409 g/mol. The first-order chi connectivity index (χ1) is 12.1. The molecule has 2 aromatic heterocycles. The third kappa shape index (κ3) is 3.91. The van der Waals surface area contributed by atoms with Crippen LogP contribution in [0.25, 0.3) is 11.7 Å². The van der Waals surface area contributed by atoms with Crippen LogP contribution in [0, 0.1) is 0 Å². The van der Waals surface area contributed by atoms with Gasteiger partial charge >= 0.3 is 12.0 Å². The molecule has 1 aromatic carbocycles. The zero-order chi connectivity index (χ0) is 17.8. The molecule has 0 radical (unpaired) electrons. The predicted molar refractivity (Wildman–Crippen MR) is 91.9 cm³/mol. The highest BCUT2D eigenvalue weighted by molar-refractivity contribution is 9.10. The van der Waals surface area contributed by atoms with Gasteiger partial charge in [0.15, 0.2) is 10.4 Å². The number of nitrogens with zero attached hydrogens (tertiary/aromatic N) is 2. The lowest BCUT2D eigenvalue weighted by molar-refractivity contribution is 0.261. The van der Waals surface area contributed by atoms with E-state index in [0.29, 0.717) is 27.6 Å². The second-order valence-electron chi connectivity index (χ2n) is 4.66. The molecule has 2 N–H and O–H groups in total. The molecule has 0 atom stereocenters. The number of rotatable bonds is 5. The molecule has 2 heterocycles. The number of aromatic nitrogens is 2. The lowest BCUT2D eigenvalue weighted by Crippen LogP contribution is -2.20. The summed E-state index contributed by atoms with van der Waals surface area (Å²) >= 11 is 3.18. The molecule has 0 unspecified atom stereocenters. The Kier molecular flexibility index (Phi) is 4.89. The molecule has 10 heteroatoms. The van der Waals surface area contributed by atoms with Crippen molar-refractivity contribution in [2.24, 2.45) is 0 Å². The minimum Gasteiger partial charge on any atom is -0.497 e. The van der Waals surface area contributed by atoms with Gasteiger partial charge in [-0.15, -0.1) is 5.10 Å². The van der Waals surface area contributed by atoms with E-state index < -0.39 is 6.03 Å². The number of anilines is 2. The van der Waals surface area contributed by atoms with Gasteiger partial charge in [-0.3, -0.25) is 5.32 Å². The number of hydrogen-bond donors (Lipinski definition) is 2. The van der Waals surface area contributed by atoms with Gasteiger partial charge in [-0.05, 0) is 40.2 Å². The van der Waals surface area contributed by atoms with Crippen LogP contribution < -0.4 is 20.1 Å². The van der Waals surface area contributed by atoms with Crippen LogP contribution in [0.15, 0.2) is 43.8 Å². The van der Waals surface area contributed by atoms with Gasteiger partial charge in [-0.1, -0.05) is 5.10 Å². The molecule has 0 saturated heterocycles. The fourth-order valence-corrected chi connectivity index (χ4v) is 2.26. The van der Waals surface area contributed by atoms with Crippen molar-refractivity contribution in [3.63, 3.8) is 0 Å². The number of carbonyl (C=O) groups excluding carboxylic acids is 1. The fourth-order valence-electron chi connectivity index (χ4n) is 1.96. The van der Waals surface area contributed by atoms with Crippen LogP contribution in [-0.4, -0.2) is 30.4 Å². The molecule has 0 aliphatic rings. The van der Waals surface area contributed by atoms with E-state index in [2.05, 4.69) is 36.8 Å². The molecular weight excluding hydrogens is 396 g/mol. The maximum Gasteiger partial charge on any atom is 0.327 e. The number of halogens is 1. The Balaban J connectivity index is 1.68. The van der Waals surface area contributed by atoms with Crippen molar-refractivity contribution in [1.82, 2.24) is 10.2 Å². The summed E-state index contributed by atoms with van der Waals surface area (Å²) < 4.78 is 21.5. The SMILES string of the molecule is COc1ccc(NC(=O)Nc2nnc(-c3ccc(Br)o3)o2)c(OC)c1. The van der Waals surface area contributed by atoms with E-state index in [0.717, 1.165) is 0 Å². The highest BCUT2D eigenvalue weighted by Crippen LogP contribution is 2.29. The molecule has 130 valence electrons. The van der Waals surface area contributed by atoms with Crippen molar-refractivity contribution < 1.29 is 23.1 Å². The summed E-state index contributed by atoms with van der Waals surface area (Å²) in [6.07, 6.45) is 0. The van der Waals surface area contributed by atoms with E-state index in [1.807, 2.05) is 0 Å². The molecule has 0 aliphatic carbocycles. The summed E-state index contributed by atoms with van der Waals surface area (Å²) in [5.74, 6) is 1.57. The largest absolute Gasteiger partial charge is 0.497 e. The topological polar surface area (TPSA) is 112 Å². The number of furan rings is 1. The van der Waals surface area contributed by atoms with Crippen LogP contribution in [0.1, 0.15) is 0 Å². The Labute approximate surface area is 150 Å². The van der Waals surface area contributed by atoms with Crippen molar-refractivity contribution >= 4 is 33.7 Å². The van der Waals surface area contributed by atoms with Crippen LogP contribution in [0.3, 0.4) is 0 Å². The second kappa shape index (κ2) is 7.26. The molecule has 0 fully saturated rings. The number of carbonyl (C=O) groups is 1. The lowest BCUT2D eigenvalue weighted by Gasteiger charge is -2.11. The van der Waals surface area contributed by atoms with Crippen LogP contribution in [0.5, 0.6) is 11.5 Å². The quantitative estimate of drug-likeness (QED) is 0.660. The number of nitrogens with one attached hydrogen (secondary N) is 2. The Morgan fingerprint density at radius 1 is 1.08 bits per heavy atom. The van der Waals surface area contributed by atoms with Gasteiger partial charge in [0, 0.05) is 6.07 Å². The first-order valence-electron chi connectivity index (χ1n) is 6.98. The van der Waals surface area contributed by atoms with Crippen LogP contribution in [0.2, 0.25) is 0 Å². The Morgan fingerprint density at radius 2 is 1.92 bits per heavy atom. The van der Waals surface area contributed by atoms with Gasteiger partial charge in [0.25, 0.3) is 5.89 Å². The van der Waals surface area contributed by atoms with Gasteiger partial charge in [0.05, 0.1) is 19.9 Å². The molecule has 9 nitrogen and oxygen atoms in total. The van der Waals surface area contributed by atoms with E-state index >= 15 is 0 Å². The molecule has 0 bridgehead atoms. The molecule has 0 saturated carbocycles. The molecule has 0 spiro atoms. The van der Waals surface area contributed by atoms with Crippen LogP contribution in [0.4, 0.5) is 16.5 Å². The molecule has 2 amide bonds. The van der Waals surface area contributed by atoms with Crippen LogP contribution in [-0.2, 0) is 0 Å². The summed E-state index contributed by atoms with van der Waals surface area (Å²) in [6.45, 7) is 0.